The second-order valence-corrected chi connectivity index (χ2v) is 7.37. The Kier molecular flexibility index (Phi) is 4.78. The molecule has 0 spiro atoms. The van der Waals surface area contributed by atoms with E-state index in [-0.39, 0.29) is 16.9 Å². The first-order valence-electron chi connectivity index (χ1n) is 9.49. The van der Waals surface area contributed by atoms with Crippen LogP contribution in [0.25, 0.3) is 5.76 Å². The van der Waals surface area contributed by atoms with Crippen molar-refractivity contribution in [2.24, 2.45) is 0 Å². The molecular formula is C24H20FNO4. The first-order chi connectivity index (χ1) is 14.3. The number of para-hydroxylation sites is 1. The highest BCUT2D eigenvalue weighted by molar-refractivity contribution is 6.51. The van der Waals surface area contributed by atoms with Crippen molar-refractivity contribution in [1.29, 1.82) is 0 Å². The number of aliphatic hydroxyl groups is 1. The number of ketones is 1. The van der Waals surface area contributed by atoms with Gasteiger partial charge in [-0.15, -0.1) is 0 Å². The summed E-state index contributed by atoms with van der Waals surface area (Å²) in [7, 11) is 0. The Balaban J connectivity index is 1.97. The van der Waals surface area contributed by atoms with E-state index in [1.807, 2.05) is 19.1 Å². The van der Waals surface area contributed by atoms with E-state index >= 15 is 0 Å². The number of aliphatic hydroxyl groups excluding tert-OH is 1. The molecule has 5 nitrogen and oxygen atoms in total. The fourth-order valence-electron chi connectivity index (χ4n) is 3.73. The molecule has 2 heterocycles. The number of hydrogen-bond donors (Lipinski definition) is 1. The first-order valence-corrected chi connectivity index (χ1v) is 9.49. The largest absolute Gasteiger partial charge is 0.507 e. The van der Waals surface area contributed by atoms with Crippen LogP contribution in [0.3, 0.4) is 0 Å². The minimum Gasteiger partial charge on any atom is -0.507 e. The van der Waals surface area contributed by atoms with E-state index in [0.717, 1.165) is 5.56 Å². The predicted molar refractivity (Wildman–Crippen MR) is 111 cm³/mol. The van der Waals surface area contributed by atoms with E-state index in [0.29, 0.717) is 22.8 Å². The smallest absolute Gasteiger partial charge is 0.300 e. The number of aryl methyl sites for hydroxylation is 3. The van der Waals surface area contributed by atoms with Gasteiger partial charge in [0, 0.05) is 11.3 Å². The zero-order chi connectivity index (χ0) is 21.6. The van der Waals surface area contributed by atoms with Crippen molar-refractivity contribution in [3.63, 3.8) is 0 Å². The third kappa shape index (κ3) is 3.10. The van der Waals surface area contributed by atoms with E-state index in [9.17, 15) is 19.1 Å². The summed E-state index contributed by atoms with van der Waals surface area (Å²) in [6, 6.07) is 13.7. The molecule has 30 heavy (non-hydrogen) atoms. The Hall–Kier alpha value is -3.67. The number of hydrogen-bond acceptors (Lipinski definition) is 4. The Morgan fingerprint density at radius 3 is 2.37 bits per heavy atom. The fourth-order valence-corrected chi connectivity index (χ4v) is 3.73. The first kappa shape index (κ1) is 19.6. The molecule has 1 N–H and O–H groups in total. The maximum Gasteiger partial charge on any atom is 0.300 e. The molecule has 6 heteroatoms. The van der Waals surface area contributed by atoms with Crippen LogP contribution in [0, 0.1) is 26.6 Å². The molecule has 1 amide bonds. The van der Waals surface area contributed by atoms with Gasteiger partial charge in [-0.25, -0.2) is 4.39 Å². The van der Waals surface area contributed by atoms with Crippen LogP contribution in [0.15, 0.2) is 64.6 Å². The molecule has 1 saturated heterocycles. The second-order valence-electron chi connectivity index (χ2n) is 7.37. The van der Waals surface area contributed by atoms with Crippen molar-refractivity contribution in [3.05, 3.63) is 94.2 Å². The Labute approximate surface area is 173 Å². The number of benzene rings is 2. The predicted octanol–water partition coefficient (Wildman–Crippen LogP) is 4.97. The summed E-state index contributed by atoms with van der Waals surface area (Å²) in [4.78, 5) is 27.4. The van der Waals surface area contributed by atoms with E-state index < -0.39 is 23.5 Å². The van der Waals surface area contributed by atoms with Crippen molar-refractivity contribution in [1.82, 2.24) is 0 Å². The van der Waals surface area contributed by atoms with Crippen LogP contribution >= 0.6 is 0 Å². The molecule has 2 aromatic carbocycles. The normalized spacial score (nSPS) is 18.3. The highest BCUT2D eigenvalue weighted by Gasteiger charge is 2.48. The lowest BCUT2D eigenvalue weighted by atomic mass is 9.98. The third-order valence-corrected chi connectivity index (χ3v) is 5.28. The van der Waals surface area contributed by atoms with Crippen molar-refractivity contribution in [2.75, 3.05) is 4.90 Å². The monoisotopic (exact) mass is 405 g/mol. The number of carbonyl (C=O) groups excluding carboxylic acids is 2. The molecule has 1 aromatic heterocycles. The number of nitrogens with zero attached hydrogens (tertiary/aromatic N) is 1. The van der Waals surface area contributed by atoms with Crippen molar-refractivity contribution in [2.45, 2.75) is 26.8 Å². The van der Waals surface area contributed by atoms with Crippen LogP contribution < -0.4 is 4.90 Å². The van der Waals surface area contributed by atoms with Gasteiger partial charge in [-0.1, -0.05) is 18.2 Å². The van der Waals surface area contributed by atoms with E-state index in [1.54, 1.807) is 38.1 Å². The van der Waals surface area contributed by atoms with Gasteiger partial charge in [-0.05, 0) is 68.3 Å². The quantitative estimate of drug-likeness (QED) is 0.379. The van der Waals surface area contributed by atoms with Gasteiger partial charge < -0.3 is 9.52 Å². The summed E-state index contributed by atoms with van der Waals surface area (Å²) in [5.74, 6) is -1.41. The lowest BCUT2D eigenvalue weighted by molar-refractivity contribution is -0.132. The van der Waals surface area contributed by atoms with Gasteiger partial charge in [0.05, 0.1) is 5.57 Å². The van der Waals surface area contributed by atoms with Crippen LogP contribution in [0.2, 0.25) is 0 Å². The van der Waals surface area contributed by atoms with Crippen molar-refractivity contribution >= 4 is 23.1 Å². The lowest BCUT2D eigenvalue weighted by Crippen LogP contribution is -2.29. The number of rotatable bonds is 3. The van der Waals surface area contributed by atoms with Gasteiger partial charge in [-0.3, -0.25) is 14.5 Å². The number of carbonyl (C=O) groups is 2. The van der Waals surface area contributed by atoms with Gasteiger partial charge in [-0.2, -0.15) is 0 Å². The van der Waals surface area contributed by atoms with Crippen molar-refractivity contribution < 1.29 is 23.5 Å². The highest BCUT2D eigenvalue weighted by Crippen LogP contribution is 2.43. The van der Waals surface area contributed by atoms with Crippen LogP contribution in [0.4, 0.5) is 10.1 Å². The maximum absolute atomic E-state index is 13.7. The van der Waals surface area contributed by atoms with Gasteiger partial charge in [0.15, 0.2) is 0 Å². The van der Waals surface area contributed by atoms with Gasteiger partial charge in [0.25, 0.3) is 11.7 Å². The minimum absolute atomic E-state index is 0.0939. The number of Topliss-reactive ketones (excluding diaryl/α,β-unsaturated/α-hetero) is 1. The Bertz CT molecular complexity index is 1210. The maximum atomic E-state index is 13.7. The number of halogens is 1. The van der Waals surface area contributed by atoms with Gasteiger partial charge in [0.2, 0.25) is 0 Å². The molecule has 3 aromatic rings. The van der Waals surface area contributed by atoms with E-state index in [4.69, 9.17) is 4.42 Å². The molecule has 0 saturated carbocycles. The topological polar surface area (TPSA) is 70.8 Å². The SMILES string of the molecule is Cc1ccc(C2/C(=C(/O)c3ccc(F)c(C)c3)C(=O)C(=O)N2c2ccccc2C)o1. The standard InChI is InChI=1S/C24H20FNO4/c1-13-6-4-5-7-18(13)26-21(19-11-8-15(3)30-19)20(23(28)24(26)29)22(27)16-9-10-17(25)14(2)12-16/h4-12,21,27H,1-3H3/b22-20-. The number of furan rings is 1. The molecule has 1 aliphatic rings. The lowest BCUT2D eigenvalue weighted by Gasteiger charge is -2.25. The van der Waals surface area contributed by atoms with Crippen LogP contribution in [-0.4, -0.2) is 16.8 Å². The average Bonchev–Trinajstić information content (AvgIpc) is 3.25. The zero-order valence-corrected chi connectivity index (χ0v) is 16.8. The molecule has 0 radical (unpaired) electrons. The molecule has 1 unspecified atom stereocenters. The Morgan fingerprint density at radius 1 is 1.00 bits per heavy atom. The average molecular weight is 405 g/mol. The van der Waals surface area contributed by atoms with Gasteiger partial charge >= 0.3 is 0 Å². The summed E-state index contributed by atoms with van der Waals surface area (Å²) >= 11 is 0. The minimum atomic E-state index is -0.940. The number of anilines is 1. The van der Waals surface area contributed by atoms with Gasteiger partial charge in [0.1, 0.15) is 29.1 Å². The summed E-state index contributed by atoms with van der Waals surface area (Å²) < 4.78 is 19.5. The summed E-state index contributed by atoms with van der Waals surface area (Å²) in [6.45, 7) is 5.15. The molecule has 1 aliphatic heterocycles. The molecule has 0 bridgehead atoms. The summed E-state index contributed by atoms with van der Waals surface area (Å²) in [5, 5.41) is 11.0. The molecule has 4 rings (SSSR count). The molecular weight excluding hydrogens is 385 g/mol. The third-order valence-electron chi connectivity index (χ3n) is 5.28. The molecule has 0 aliphatic carbocycles. The fraction of sp³-hybridized carbons (Fsp3) is 0.167. The molecule has 152 valence electrons. The number of amides is 1. The molecule has 1 fully saturated rings. The molecule has 1 atom stereocenters. The van der Waals surface area contributed by atoms with E-state index in [2.05, 4.69) is 0 Å². The van der Waals surface area contributed by atoms with E-state index in [1.165, 1.54) is 23.1 Å². The summed E-state index contributed by atoms with van der Waals surface area (Å²) in [6.07, 6.45) is 0. The second kappa shape index (κ2) is 7.30. The zero-order valence-electron chi connectivity index (χ0n) is 16.8. The van der Waals surface area contributed by atoms with Crippen molar-refractivity contribution in [3.8, 4) is 0 Å². The highest BCUT2D eigenvalue weighted by atomic mass is 19.1. The van der Waals surface area contributed by atoms with Crippen LogP contribution in [-0.2, 0) is 9.59 Å². The van der Waals surface area contributed by atoms with Crippen LogP contribution in [0.5, 0.6) is 0 Å². The Morgan fingerprint density at radius 2 is 1.73 bits per heavy atom. The van der Waals surface area contributed by atoms with Crippen LogP contribution in [0.1, 0.15) is 34.3 Å². The summed E-state index contributed by atoms with van der Waals surface area (Å²) in [5.41, 5.74) is 1.82.